The van der Waals surface area contributed by atoms with Gasteiger partial charge in [0.15, 0.2) is 0 Å². The van der Waals surface area contributed by atoms with E-state index in [1.54, 1.807) is 25.0 Å². The summed E-state index contributed by atoms with van der Waals surface area (Å²) in [6, 6.07) is 4.29. The van der Waals surface area contributed by atoms with Gasteiger partial charge >= 0.3 is 29.0 Å². The maximum absolute atomic E-state index is 10.3. The number of carbonyl (C=O) groups excluding carboxylic acids is 2. The van der Waals surface area contributed by atoms with Crippen LogP contribution in [0.1, 0.15) is 41.7 Å². The molecule has 0 aliphatic rings. The van der Waals surface area contributed by atoms with E-state index < -0.39 is 45.5 Å². The van der Waals surface area contributed by atoms with Crippen LogP contribution in [-0.2, 0) is 38.7 Å². The molecule has 0 amide bonds. The van der Waals surface area contributed by atoms with Gasteiger partial charge in [0, 0.05) is 59.0 Å². The molecule has 12 nitrogen and oxygen atoms in total. The number of aromatic carboxylic acids is 4. The molecule has 15 heteroatoms. The second-order valence-corrected chi connectivity index (χ2v) is 8.49. The van der Waals surface area contributed by atoms with Crippen molar-refractivity contribution in [2.75, 3.05) is 25.0 Å². The molecule has 0 aliphatic carbocycles. The molecule has 2 rings (SSSR count). The molecule has 2 N–H and O–H groups in total. The first kappa shape index (κ1) is 34.6. The first-order valence-corrected chi connectivity index (χ1v) is 11.9. The molecule has 2 aromatic heterocycles. The fraction of sp³-hybridized carbons (Fsp3) is 0.222. The Morgan fingerprint density at radius 3 is 1.15 bits per heavy atom. The molecular formula is C18H20CuN2O10S2. The van der Waals surface area contributed by atoms with Gasteiger partial charge in [-0.15, -0.1) is 0 Å². The van der Waals surface area contributed by atoms with Crippen LogP contribution in [0.5, 0.6) is 0 Å². The zero-order valence-corrected chi connectivity index (χ0v) is 20.2. The van der Waals surface area contributed by atoms with E-state index in [1.807, 2.05) is 0 Å². The summed E-state index contributed by atoms with van der Waals surface area (Å²) in [7, 11) is -1.22. The molecule has 33 heavy (non-hydrogen) atoms. The van der Waals surface area contributed by atoms with Crippen molar-refractivity contribution in [1.29, 1.82) is 0 Å². The van der Waals surface area contributed by atoms with Gasteiger partial charge < -0.3 is 30.0 Å². The van der Waals surface area contributed by atoms with Gasteiger partial charge in [-0.3, -0.25) is 18.4 Å². The zero-order chi connectivity index (χ0) is 25.4. The van der Waals surface area contributed by atoms with E-state index in [0.29, 0.717) is 0 Å². The Kier molecular flexibility index (Phi) is 19.5. The number of carboxylic acid groups (broad SMARTS) is 4. The summed E-state index contributed by atoms with van der Waals surface area (Å²) < 4.78 is 19.1. The predicted molar refractivity (Wildman–Crippen MR) is 111 cm³/mol. The normalized spacial score (nSPS) is 8.91. The first-order chi connectivity index (χ1) is 14.7. The average molecular weight is 552 g/mol. The molecule has 0 saturated heterocycles. The molecule has 0 bridgehead atoms. The Morgan fingerprint density at radius 2 is 0.970 bits per heavy atom. The Morgan fingerprint density at radius 1 is 0.727 bits per heavy atom. The van der Waals surface area contributed by atoms with Gasteiger partial charge in [0.1, 0.15) is 0 Å². The fourth-order valence-corrected chi connectivity index (χ4v) is 1.35. The fourth-order valence-electron chi connectivity index (χ4n) is 1.35. The van der Waals surface area contributed by atoms with Crippen molar-refractivity contribution in [2.45, 2.75) is 0 Å². The van der Waals surface area contributed by atoms with Crippen molar-refractivity contribution in [3.63, 3.8) is 0 Å². The maximum atomic E-state index is 10.3. The Balaban J connectivity index is -0.000000405. The van der Waals surface area contributed by atoms with Crippen LogP contribution < -0.4 is 10.2 Å². The Labute approximate surface area is 204 Å². The van der Waals surface area contributed by atoms with Crippen LogP contribution in [0.2, 0.25) is 0 Å². The van der Waals surface area contributed by atoms with Gasteiger partial charge in [-0.25, -0.2) is 9.59 Å². The molecule has 185 valence electrons. The minimum absolute atomic E-state index is 0. The van der Waals surface area contributed by atoms with Crippen molar-refractivity contribution in [3.8, 4) is 0 Å². The number of nitrogens with zero attached hydrogens (tertiary/aromatic N) is 2. The third kappa shape index (κ3) is 19.4. The van der Waals surface area contributed by atoms with Crippen LogP contribution in [0.15, 0.2) is 36.7 Å². The van der Waals surface area contributed by atoms with Gasteiger partial charge in [-0.1, -0.05) is 0 Å². The minimum Gasteiger partial charge on any atom is -0.543 e. The minimum atomic E-state index is -1.49. The summed E-state index contributed by atoms with van der Waals surface area (Å²) in [6.45, 7) is 0. The summed E-state index contributed by atoms with van der Waals surface area (Å²) in [6.07, 6.45) is 8.77. The topological polar surface area (TPSA) is 215 Å². The smallest absolute Gasteiger partial charge is 0.543 e. The van der Waals surface area contributed by atoms with E-state index in [2.05, 4.69) is 9.97 Å². The largest absolute Gasteiger partial charge is 2.00 e. The molecule has 2 aromatic rings. The molecule has 0 unspecified atom stereocenters. The quantitative estimate of drug-likeness (QED) is 0.405. The van der Waals surface area contributed by atoms with Crippen LogP contribution in [0.3, 0.4) is 0 Å². The third-order valence-corrected chi connectivity index (χ3v) is 2.43. The monoisotopic (exact) mass is 551 g/mol. The first-order valence-electron chi connectivity index (χ1n) is 8.00. The van der Waals surface area contributed by atoms with Crippen LogP contribution in [0.25, 0.3) is 0 Å². The van der Waals surface area contributed by atoms with Gasteiger partial charge in [-0.2, -0.15) is 0 Å². The predicted octanol–water partition coefficient (Wildman–Crippen LogP) is -1.73. The number of aromatic nitrogens is 2. The number of carboxylic acids is 4. The van der Waals surface area contributed by atoms with Gasteiger partial charge in [0.2, 0.25) is 0 Å². The van der Waals surface area contributed by atoms with Crippen molar-refractivity contribution in [2.24, 2.45) is 0 Å². The van der Waals surface area contributed by atoms with E-state index in [-0.39, 0.29) is 39.6 Å². The van der Waals surface area contributed by atoms with Gasteiger partial charge in [0.25, 0.3) is 0 Å². The molecule has 0 spiro atoms. The number of carbonyl (C=O) groups is 4. The standard InChI is InChI=1S/2C7H5NO4.2C2H6OS.Cu/c2*9-6(10)4-1-2-8-5(3-4)7(11)12;2*1-4(2)3;/h2*1-3H,(H,9,10)(H,11,12);2*1-2H3;/q;;;;+2/p-2. The summed E-state index contributed by atoms with van der Waals surface area (Å²) in [5.74, 6) is -5.36. The summed E-state index contributed by atoms with van der Waals surface area (Å²) >= 11 is 0. The second-order valence-electron chi connectivity index (χ2n) is 5.53. The molecule has 0 aromatic carbocycles. The number of rotatable bonds is 4. The number of pyridine rings is 2. The SMILES string of the molecule is CS(C)=O.CS(C)=O.O=C(O)c1ccnc(C(=O)[O-])c1.O=C(O)c1ccnc(C(=O)[O-])c1.[Cu+2]. The molecule has 1 radical (unpaired) electrons. The molecule has 2 heterocycles. The van der Waals surface area contributed by atoms with Gasteiger partial charge in [-0.05, 0) is 24.3 Å². The Bertz CT molecular complexity index is 856. The Hall–Kier alpha value is -3.00. The molecule has 0 atom stereocenters. The van der Waals surface area contributed by atoms with Crippen LogP contribution in [0.4, 0.5) is 0 Å². The van der Waals surface area contributed by atoms with Crippen LogP contribution in [0, 0.1) is 0 Å². The molecule has 0 aliphatic heterocycles. The third-order valence-electron chi connectivity index (χ3n) is 2.43. The van der Waals surface area contributed by atoms with E-state index >= 15 is 0 Å². The van der Waals surface area contributed by atoms with Crippen molar-refractivity contribution < 1.29 is 65.1 Å². The van der Waals surface area contributed by atoms with E-state index in [1.165, 1.54) is 12.1 Å². The van der Waals surface area contributed by atoms with E-state index in [9.17, 15) is 37.8 Å². The van der Waals surface area contributed by atoms with E-state index in [0.717, 1.165) is 24.5 Å². The van der Waals surface area contributed by atoms with Crippen LogP contribution in [-0.4, -0.2) is 77.5 Å². The number of hydrogen-bond donors (Lipinski definition) is 2. The molecular weight excluding hydrogens is 532 g/mol. The van der Waals surface area contributed by atoms with Gasteiger partial charge in [0.05, 0.1) is 34.5 Å². The summed E-state index contributed by atoms with van der Waals surface area (Å²) in [5, 5.41) is 37.3. The second kappa shape index (κ2) is 18.6. The maximum Gasteiger partial charge on any atom is 2.00 e. The molecule has 0 saturated carbocycles. The van der Waals surface area contributed by atoms with Crippen molar-refractivity contribution >= 4 is 45.5 Å². The van der Waals surface area contributed by atoms with E-state index in [4.69, 9.17) is 10.2 Å². The van der Waals surface area contributed by atoms with Crippen LogP contribution >= 0.6 is 0 Å². The zero-order valence-electron chi connectivity index (χ0n) is 17.6. The average Bonchev–Trinajstić information content (AvgIpc) is 2.67. The molecule has 0 fully saturated rings. The van der Waals surface area contributed by atoms with Crippen molar-refractivity contribution in [1.82, 2.24) is 9.97 Å². The van der Waals surface area contributed by atoms with Crippen molar-refractivity contribution in [3.05, 3.63) is 59.2 Å². The summed E-state index contributed by atoms with van der Waals surface area (Å²) in [5.41, 5.74) is -1.00. The number of hydrogen-bond acceptors (Lipinski definition) is 10. The summed E-state index contributed by atoms with van der Waals surface area (Å²) in [4.78, 5) is 47.9.